The van der Waals surface area contributed by atoms with Crippen LogP contribution in [-0.2, 0) is 10.3 Å². The van der Waals surface area contributed by atoms with E-state index in [4.69, 9.17) is 5.73 Å². The number of hydrogen-bond donors (Lipinski definition) is 1. The lowest BCUT2D eigenvalue weighted by molar-refractivity contribution is -0.145. The van der Waals surface area contributed by atoms with Gasteiger partial charge in [0.2, 0.25) is 5.91 Å². The average molecular weight is 402 g/mol. The van der Waals surface area contributed by atoms with Crippen molar-refractivity contribution in [1.29, 1.82) is 0 Å². The Morgan fingerprint density at radius 1 is 1.08 bits per heavy atom. The molecule has 0 aliphatic carbocycles. The van der Waals surface area contributed by atoms with Crippen LogP contribution in [0.25, 0.3) is 0 Å². The first-order valence-electron chi connectivity index (χ1n) is 7.63. The second-order valence-corrected chi connectivity index (χ2v) is 6.11. The fourth-order valence-corrected chi connectivity index (χ4v) is 2.82. The number of nitrogens with two attached hydrogens (primary N) is 1. The molecular weight excluding hydrogens is 378 g/mol. The minimum atomic E-state index is -4.22. The number of rotatable bonds is 3. The van der Waals surface area contributed by atoms with Gasteiger partial charge in [-0.25, -0.2) is 0 Å². The van der Waals surface area contributed by atoms with E-state index in [1.807, 2.05) is 6.07 Å². The number of nitrogens with zero attached hydrogens (tertiary/aromatic N) is 2. The molecule has 0 aromatic heterocycles. The Morgan fingerprint density at radius 3 is 2.24 bits per heavy atom. The normalized spacial score (nSPS) is 18.4. The van der Waals surface area contributed by atoms with Crippen LogP contribution < -0.4 is 5.73 Å². The maximum Gasteiger partial charge on any atom is 0.401 e. The highest BCUT2D eigenvalue weighted by atomic mass is 35.5. The highest BCUT2D eigenvalue weighted by Crippen LogP contribution is 2.22. The standard InChI is InChI=1S/C16H22F3N3O.2ClH/c1-15(20,13-6-3-2-4-7-13)14(23)22-9-5-8-21(10-11-22)12-16(17,18)19;;/h2-4,6-7H,5,8-12,20H2,1H3;2*1H. The van der Waals surface area contributed by atoms with Crippen molar-refractivity contribution in [3.05, 3.63) is 35.9 Å². The van der Waals surface area contributed by atoms with Crippen molar-refractivity contribution in [1.82, 2.24) is 9.80 Å². The van der Waals surface area contributed by atoms with Crippen molar-refractivity contribution in [2.75, 3.05) is 32.7 Å². The molecule has 0 saturated carbocycles. The van der Waals surface area contributed by atoms with Gasteiger partial charge in [0.25, 0.3) is 0 Å². The third-order valence-electron chi connectivity index (χ3n) is 4.10. The summed E-state index contributed by atoms with van der Waals surface area (Å²) in [7, 11) is 0. The molecule has 4 nitrogen and oxygen atoms in total. The summed E-state index contributed by atoms with van der Waals surface area (Å²) in [5.41, 5.74) is 5.73. The fourth-order valence-electron chi connectivity index (χ4n) is 2.82. The summed E-state index contributed by atoms with van der Waals surface area (Å²) >= 11 is 0. The topological polar surface area (TPSA) is 49.6 Å². The molecule has 1 amide bonds. The molecule has 0 spiro atoms. The summed E-state index contributed by atoms with van der Waals surface area (Å²) in [5, 5.41) is 0. The van der Waals surface area contributed by atoms with E-state index in [9.17, 15) is 18.0 Å². The number of carbonyl (C=O) groups excluding carboxylic acids is 1. The average Bonchev–Trinajstić information content (AvgIpc) is 2.71. The molecule has 1 aromatic rings. The second-order valence-electron chi connectivity index (χ2n) is 6.11. The largest absolute Gasteiger partial charge is 0.401 e. The molecule has 144 valence electrons. The first-order valence-corrected chi connectivity index (χ1v) is 7.63. The zero-order chi connectivity index (χ0) is 17.1. The minimum absolute atomic E-state index is 0. The van der Waals surface area contributed by atoms with Crippen LogP contribution in [0.5, 0.6) is 0 Å². The van der Waals surface area contributed by atoms with E-state index in [1.165, 1.54) is 4.90 Å². The van der Waals surface area contributed by atoms with E-state index in [0.29, 0.717) is 25.1 Å². The van der Waals surface area contributed by atoms with Crippen LogP contribution in [0.1, 0.15) is 18.9 Å². The Hall–Kier alpha value is -1.02. The molecule has 1 aromatic carbocycles. The Kier molecular flexibility index (Phi) is 9.22. The molecule has 1 heterocycles. The fraction of sp³-hybridized carbons (Fsp3) is 0.562. The summed E-state index contributed by atoms with van der Waals surface area (Å²) in [5.74, 6) is -0.252. The van der Waals surface area contributed by atoms with Crippen molar-refractivity contribution in [2.24, 2.45) is 5.73 Å². The van der Waals surface area contributed by atoms with Gasteiger partial charge in [0.05, 0.1) is 6.54 Å². The summed E-state index contributed by atoms with van der Waals surface area (Å²) in [4.78, 5) is 15.6. The number of halogens is 5. The van der Waals surface area contributed by atoms with Crippen LogP contribution in [0.4, 0.5) is 13.2 Å². The Labute approximate surface area is 158 Å². The molecule has 1 unspecified atom stereocenters. The monoisotopic (exact) mass is 401 g/mol. The van der Waals surface area contributed by atoms with Gasteiger partial charge in [-0.3, -0.25) is 9.69 Å². The molecule has 2 rings (SSSR count). The number of hydrogen-bond acceptors (Lipinski definition) is 3. The molecule has 9 heteroatoms. The quantitative estimate of drug-likeness (QED) is 0.846. The molecule has 1 aliphatic heterocycles. The molecule has 2 N–H and O–H groups in total. The zero-order valence-corrected chi connectivity index (χ0v) is 15.6. The number of benzene rings is 1. The van der Waals surface area contributed by atoms with Gasteiger partial charge in [0.1, 0.15) is 5.54 Å². The second kappa shape index (κ2) is 9.62. The first kappa shape index (κ1) is 24.0. The molecule has 1 atom stereocenters. The van der Waals surface area contributed by atoms with Gasteiger partial charge in [-0.1, -0.05) is 30.3 Å². The molecule has 1 aliphatic rings. The van der Waals surface area contributed by atoms with Crippen molar-refractivity contribution < 1.29 is 18.0 Å². The highest BCUT2D eigenvalue weighted by molar-refractivity contribution is 5.87. The summed E-state index contributed by atoms with van der Waals surface area (Å²) in [6.07, 6.45) is -3.71. The van der Waals surface area contributed by atoms with E-state index < -0.39 is 18.3 Å². The Morgan fingerprint density at radius 2 is 1.68 bits per heavy atom. The summed E-state index contributed by atoms with van der Waals surface area (Å²) < 4.78 is 37.5. The Bertz CT molecular complexity index is 541. The number of amides is 1. The minimum Gasteiger partial charge on any atom is -0.339 e. The highest BCUT2D eigenvalue weighted by Gasteiger charge is 2.36. The van der Waals surface area contributed by atoms with Crippen LogP contribution in [0.15, 0.2) is 30.3 Å². The van der Waals surface area contributed by atoms with Crippen LogP contribution in [0.2, 0.25) is 0 Å². The summed E-state index contributed by atoms with van der Waals surface area (Å²) in [6.45, 7) is 1.92. The lowest BCUT2D eigenvalue weighted by Gasteiger charge is -2.31. The predicted octanol–water partition coefficient (Wildman–Crippen LogP) is 2.80. The van der Waals surface area contributed by atoms with E-state index in [0.717, 1.165) is 0 Å². The lowest BCUT2D eigenvalue weighted by Crippen LogP contribution is -2.51. The van der Waals surface area contributed by atoms with E-state index in [1.54, 1.807) is 36.1 Å². The smallest absolute Gasteiger partial charge is 0.339 e. The van der Waals surface area contributed by atoms with Gasteiger partial charge in [0, 0.05) is 26.2 Å². The summed E-state index contributed by atoms with van der Waals surface area (Å²) in [6, 6.07) is 9.02. The van der Waals surface area contributed by atoms with E-state index in [2.05, 4.69) is 0 Å². The van der Waals surface area contributed by atoms with Crippen LogP contribution in [-0.4, -0.2) is 54.6 Å². The molecule has 1 fully saturated rings. The SMILES string of the molecule is CC(N)(C(=O)N1CCCN(CC(F)(F)F)CC1)c1ccccc1.Cl.Cl. The number of carbonyl (C=O) groups is 1. The molecular formula is C16H24Cl2F3N3O. The van der Waals surface area contributed by atoms with Crippen molar-refractivity contribution in [3.8, 4) is 0 Å². The van der Waals surface area contributed by atoms with E-state index >= 15 is 0 Å². The van der Waals surface area contributed by atoms with Gasteiger partial charge < -0.3 is 10.6 Å². The molecule has 25 heavy (non-hydrogen) atoms. The van der Waals surface area contributed by atoms with E-state index in [-0.39, 0.29) is 43.8 Å². The van der Waals surface area contributed by atoms with Gasteiger partial charge in [0.15, 0.2) is 0 Å². The molecule has 0 radical (unpaired) electrons. The van der Waals surface area contributed by atoms with Crippen molar-refractivity contribution in [2.45, 2.75) is 25.1 Å². The van der Waals surface area contributed by atoms with Crippen LogP contribution in [0.3, 0.4) is 0 Å². The van der Waals surface area contributed by atoms with Gasteiger partial charge in [-0.05, 0) is 18.9 Å². The Balaban J connectivity index is 0.00000288. The first-order chi connectivity index (χ1) is 10.7. The maximum atomic E-state index is 12.7. The van der Waals surface area contributed by atoms with Gasteiger partial charge >= 0.3 is 6.18 Å². The lowest BCUT2D eigenvalue weighted by atomic mass is 9.91. The third kappa shape index (κ3) is 6.66. The van der Waals surface area contributed by atoms with Gasteiger partial charge in [-0.15, -0.1) is 24.8 Å². The maximum absolute atomic E-state index is 12.7. The molecule has 0 bridgehead atoms. The number of alkyl halides is 3. The zero-order valence-electron chi connectivity index (χ0n) is 14.0. The van der Waals surface area contributed by atoms with Crippen molar-refractivity contribution in [3.63, 3.8) is 0 Å². The van der Waals surface area contributed by atoms with Crippen LogP contribution in [0, 0.1) is 0 Å². The predicted molar refractivity (Wildman–Crippen MR) is 96.2 cm³/mol. The third-order valence-corrected chi connectivity index (χ3v) is 4.10. The van der Waals surface area contributed by atoms with Crippen LogP contribution >= 0.6 is 24.8 Å². The van der Waals surface area contributed by atoms with Gasteiger partial charge in [-0.2, -0.15) is 13.2 Å². The van der Waals surface area contributed by atoms with Crippen molar-refractivity contribution >= 4 is 30.7 Å². The molecule has 1 saturated heterocycles.